The number of H-pyrrole nitrogens is 1. The summed E-state index contributed by atoms with van der Waals surface area (Å²) in [5.74, 6) is -0.953. The zero-order valence-corrected chi connectivity index (χ0v) is 9.52. The molecule has 2 aliphatic rings. The molecule has 6 nitrogen and oxygen atoms in total. The number of nitrogens with zero attached hydrogens (tertiary/aromatic N) is 3. The molecule has 17 heavy (non-hydrogen) atoms. The highest BCUT2D eigenvalue weighted by atomic mass is 35.5. The molecule has 88 valence electrons. The number of hydrogen-bond donors (Lipinski definition) is 1. The van der Waals surface area contributed by atoms with Gasteiger partial charge in [-0.2, -0.15) is 10.1 Å². The van der Waals surface area contributed by atoms with Crippen LogP contribution in [0, 0.1) is 11.8 Å². The normalized spacial score (nSPS) is 28.3. The van der Waals surface area contributed by atoms with Gasteiger partial charge in [0.1, 0.15) is 6.33 Å². The minimum Gasteiger partial charge on any atom is -0.274 e. The highest BCUT2D eigenvalue weighted by Gasteiger charge is 2.49. The van der Waals surface area contributed by atoms with E-state index in [1.807, 2.05) is 0 Å². The summed E-state index contributed by atoms with van der Waals surface area (Å²) < 4.78 is 0. The summed E-state index contributed by atoms with van der Waals surface area (Å²) in [6.07, 6.45) is 4.01. The van der Waals surface area contributed by atoms with Crippen molar-refractivity contribution in [1.29, 1.82) is 0 Å². The molecule has 7 heteroatoms. The molecule has 0 unspecified atom stereocenters. The van der Waals surface area contributed by atoms with Gasteiger partial charge in [0.25, 0.3) is 0 Å². The van der Waals surface area contributed by atoms with Crippen LogP contribution in [-0.4, -0.2) is 27.0 Å². The molecule has 2 atom stereocenters. The first-order valence-corrected chi connectivity index (χ1v) is 5.64. The molecule has 1 fully saturated rings. The van der Waals surface area contributed by atoms with Crippen LogP contribution in [0.25, 0.3) is 0 Å². The number of fused-ring (bicyclic) bond motifs is 1. The lowest BCUT2D eigenvalue weighted by Crippen LogP contribution is -2.31. The second kappa shape index (κ2) is 3.66. The Bertz CT molecular complexity index is 510. The van der Waals surface area contributed by atoms with E-state index in [-0.39, 0.29) is 29.6 Å². The van der Waals surface area contributed by atoms with Crippen molar-refractivity contribution in [3.8, 4) is 0 Å². The van der Waals surface area contributed by atoms with Gasteiger partial charge in [0, 0.05) is 5.03 Å². The Labute approximate surface area is 102 Å². The maximum Gasteiger partial charge on any atom is 0.240 e. The molecule has 0 aromatic carbocycles. The number of hydrogen-bond acceptors (Lipinski definition) is 4. The van der Waals surface area contributed by atoms with E-state index in [4.69, 9.17) is 11.6 Å². The number of carbonyl (C=O) groups excluding carboxylic acids is 2. The Morgan fingerprint density at radius 2 is 2.12 bits per heavy atom. The topological polar surface area (TPSA) is 79.0 Å². The summed E-state index contributed by atoms with van der Waals surface area (Å²) in [4.78, 5) is 29.1. The smallest absolute Gasteiger partial charge is 0.240 e. The van der Waals surface area contributed by atoms with E-state index in [0.717, 1.165) is 4.90 Å². The van der Waals surface area contributed by atoms with Crippen LogP contribution < -0.4 is 4.90 Å². The molecular weight excluding hydrogens is 244 g/mol. The van der Waals surface area contributed by atoms with E-state index in [9.17, 15) is 9.59 Å². The zero-order chi connectivity index (χ0) is 12.0. The zero-order valence-electron chi connectivity index (χ0n) is 8.76. The maximum absolute atomic E-state index is 12.1. The van der Waals surface area contributed by atoms with Gasteiger partial charge in [0.15, 0.2) is 0 Å². The van der Waals surface area contributed by atoms with E-state index in [1.165, 1.54) is 6.33 Å². The minimum atomic E-state index is -0.356. The number of aromatic nitrogens is 3. The van der Waals surface area contributed by atoms with Crippen LogP contribution in [0.4, 0.5) is 5.95 Å². The van der Waals surface area contributed by atoms with E-state index in [2.05, 4.69) is 15.2 Å². The fourth-order valence-corrected chi connectivity index (χ4v) is 2.60. The average Bonchev–Trinajstić information content (AvgIpc) is 2.88. The summed E-state index contributed by atoms with van der Waals surface area (Å²) in [6, 6.07) is 0. The molecule has 2 heterocycles. The first kappa shape index (κ1) is 10.5. The summed E-state index contributed by atoms with van der Waals surface area (Å²) in [5.41, 5.74) is 0. The predicted molar refractivity (Wildman–Crippen MR) is 59.0 cm³/mol. The minimum absolute atomic E-state index is 0.186. The van der Waals surface area contributed by atoms with Crippen molar-refractivity contribution >= 4 is 29.4 Å². The Morgan fingerprint density at radius 3 is 2.82 bits per heavy atom. The summed E-state index contributed by atoms with van der Waals surface area (Å²) in [5, 5.41) is 6.83. The molecule has 1 aromatic heterocycles. The molecule has 1 aliphatic heterocycles. The highest BCUT2D eigenvalue weighted by Crippen LogP contribution is 2.39. The number of anilines is 1. The lowest BCUT2D eigenvalue weighted by molar-refractivity contribution is -0.122. The number of halogens is 1. The number of amides is 2. The SMILES string of the molecule is O=C1[C@@H]2CC=C(Cl)C[C@H]2C(=O)N1c1ncn[nH]1. The molecule has 0 bridgehead atoms. The lowest BCUT2D eigenvalue weighted by Gasteiger charge is -2.17. The Morgan fingerprint density at radius 1 is 1.35 bits per heavy atom. The van der Waals surface area contributed by atoms with Crippen molar-refractivity contribution in [2.24, 2.45) is 11.8 Å². The third kappa shape index (κ3) is 1.48. The van der Waals surface area contributed by atoms with Gasteiger partial charge in [-0.15, -0.1) is 0 Å². The van der Waals surface area contributed by atoms with Crippen molar-refractivity contribution < 1.29 is 9.59 Å². The first-order chi connectivity index (χ1) is 8.18. The van der Waals surface area contributed by atoms with Gasteiger partial charge >= 0.3 is 0 Å². The molecule has 1 aromatic rings. The Kier molecular flexibility index (Phi) is 2.25. The van der Waals surface area contributed by atoms with Crippen molar-refractivity contribution in [3.63, 3.8) is 0 Å². The number of carbonyl (C=O) groups is 2. The van der Waals surface area contributed by atoms with Crippen LogP contribution >= 0.6 is 11.6 Å². The number of nitrogens with one attached hydrogen (secondary N) is 1. The summed E-state index contributed by atoms with van der Waals surface area (Å²) in [7, 11) is 0. The van der Waals surface area contributed by atoms with E-state index < -0.39 is 0 Å². The number of allylic oxidation sites excluding steroid dienone is 2. The second-order valence-electron chi connectivity index (χ2n) is 4.12. The Hall–Kier alpha value is -1.69. The van der Waals surface area contributed by atoms with Crippen molar-refractivity contribution in [3.05, 3.63) is 17.4 Å². The van der Waals surface area contributed by atoms with E-state index in [1.54, 1.807) is 6.08 Å². The fourth-order valence-electron chi connectivity index (χ4n) is 2.34. The lowest BCUT2D eigenvalue weighted by atomic mass is 9.85. The number of rotatable bonds is 1. The largest absolute Gasteiger partial charge is 0.274 e. The third-order valence-corrected chi connectivity index (χ3v) is 3.49. The van der Waals surface area contributed by atoms with Crippen molar-refractivity contribution in [2.75, 3.05) is 4.90 Å². The van der Waals surface area contributed by atoms with Crippen LogP contribution in [0.1, 0.15) is 12.8 Å². The van der Waals surface area contributed by atoms with E-state index >= 15 is 0 Å². The quantitative estimate of drug-likeness (QED) is 0.751. The summed E-state index contributed by atoms with van der Waals surface area (Å²) in [6.45, 7) is 0. The van der Waals surface area contributed by atoms with Gasteiger partial charge in [0.2, 0.25) is 17.8 Å². The van der Waals surface area contributed by atoms with Gasteiger partial charge in [0.05, 0.1) is 11.8 Å². The molecular formula is C10H9ClN4O2. The molecule has 1 N–H and O–H groups in total. The molecule has 1 saturated heterocycles. The van der Waals surface area contributed by atoms with E-state index in [0.29, 0.717) is 17.9 Å². The van der Waals surface area contributed by atoms with Gasteiger partial charge in [-0.25, -0.2) is 10.00 Å². The third-order valence-electron chi connectivity index (χ3n) is 3.18. The van der Waals surface area contributed by atoms with Crippen molar-refractivity contribution in [1.82, 2.24) is 15.2 Å². The van der Waals surface area contributed by atoms with Crippen LogP contribution in [-0.2, 0) is 9.59 Å². The molecule has 0 radical (unpaired) electrons. The maximum atomic E-state index is 12.1. The molecule has 2 amide bonds. The fraction of sp³-hybridized carbons (Fsp3) is 0.400. The monoisotopic (exact) mass is 252 g/mol. The Balaban J connectivity index is 1.96. The van der Waals surface area contributed by atoms with Gasteiger partial charge in [-0.05, 0) is 12.8 Å². The van der Waals surface area contributed by atoms with Gasteiger partial charge < -0.3 is 0 Å². The van der Waals surface area contributed by atoms with Gasteiger partial charge in [-0.3, -0.25) is 9.59 Å². The van der Waals surface area contributed by atoms with Crippen molar-refractivity contribution in [2.45, 2.75) is 12.8 Å². The molecule has 1 aliphatic carbocycles. The molecule has 3 rings (SSSR count). The van der Waals surface area contributed by atoms with Crippen LogP contribution in [0.5, 0.6) is 0 Å². The predicted octanol–water partition coefficient (Wildman–Crippen LogP) is 0.827. The molecule has 0 saturated carbocycles. The second-order valence-corrected chi connectivity index (χ2v) is 4.61. The van der Waals surface area contributed by atoms with Crippen LogP contribution in [0.15, 0.2) is 17.4 Å². The molecule has 0 spiro atoms. The number of aromatic amines is 1. The average molecular weight is 253 g/mol. The van der Waals surface area contributed by atoms with Crippen LogP contribution in [0.2, 0.25) is 0 Å². The standard InChI is InChI=1S/C10H9ClN4O2/c11-5-1-2-6-7(3-5)9(17)15(8(6)16)10-12-4-13-14-10/h1,4,6-7H,2-3H2,(H,12,13,14)/t6-,7-/m1/s1. The highest BCUT2D eigenvalue weighted by molar-refractivity contribution is 6.30. The first-order valence-electron chi connectivity index (χ1n) is 5.26. The van der Waals surface area contributed by atoms with Gasteiger partial charge in [-0.1, -0.05) is 17.7 Å². The van der Waals surface area contributed by atoms with Crippen LogP contribution in [0.3, 0.4) is 0 Å². The number of imide groups is 1. The summed E-state index contributed by atoms with van der Waals surface area (Å²) >= 11 is 5.91.